The monoisotopic (exact) mass is 366 g/mol. The van der Waals surface area contributed by atoms with Crippen molar-refractivity contribution in [1.29, 1.82) is 0 Å². The molecular weight excluding hydrogens is 352 g/mol. The molecule has 0 spiro atoms. The van der Waals surface area contributed by atoms with Crippen molar-refractivity contribution in [2.75, 3.05) is 4.72 Å². The lowest BCUT2D eigenvalue weighted by Gasteiger charge is -2.08. The topological polar surface area (TPSA) is 149 Å². The number of sulfonamides is 1. The zero-order valence-electron chi connectivity index (χ0n) is 12.3. The van der Waals surface area contributed by atoms with E-state index in [1.165, 1.54) is 30.3 Å². The molecule has 0 aliphatic rings. The maximum Gasteiger partial charge on any atom is 0.261 e. The number of hydrogen-bond donors (Lipinski definition) is 4. The Kier molecular flexibility index (Phi) is 5.27. The second-order valence-corrected chi connectivity index (χ2v) is 6.74. The van der Waals surface area contributed by atoms with E-state index in [4.69, 9.17) is 28.8 Å². The third kappa shape index (κ3) is 4.86. The second kappa shape index (κ2) is 7.20. The van der Waals surface area contributed by atoms with Crippen molar-refractivity contribution in [3.05, 3.63) is 53.6 Å². The molecule has 126 valence electrons. The summed E-state index contributed by atoms with van der Waals surface area (Å²) in [6, 6.07) is 12.1. The van der Waals surface area contributed by atoms with E-state index >= 15 is 0 Å². The highest BCUT2D eigenvalue weighted by atomic mass is 35.5. The Hall–Kier alpha value is -2.78. The molecule has 2 rings (SSSR count). The van der Waals surface area contributed by atoms with Crippen LogP contribution in [0.5, 0.6) is 0 Å². The fraction of sp³-hybridized carbons (Fsp3) is 0. The van der Waals surface area contributed by atoms with E-state index in [1.54, 1.807) is 18.2 Å². The van der Waals surface area contributed by atoms with Gasteiger partial charge < -0.3 is 17.2 Å². The van der Waals surface area contributed by atoms with Crippen LogP contribution in [0.2, 0.25) is 5.02 Å². The van der Waals surface area contributed by atoms with Crippen LogP contribution in [0.25, 0.3) is 0 Å². The van der Waals surface area contributed by atoms with Gasteiger partial charge in [0.25, 0.3) is 10.0 Å². The van der Waals surface area contributed by atoms with E-state index in [0.717, 1.165) is 0 Å². The molecule has 2 aromatic rings. The van der Waals surface area contributed by atoms with Crippen LogP contribution < -0.4 is 21.9 Å². The Labute approximate surface area is 144 Å². The number of anilines is 1. The molecule has 10 heteroatoms. The van der Waals surface area contributed by atoms with Crippen molar-refractivity contribution in [3.8, 4) is 0 Å². The highest BCUT2D eigenvalue weighted by Gasteiger charge is 2.14. The van der Waals surface area contributed by atoms with E-state index in [-0.39, 0.29) is 16.8 Å². The number of guanidine groups is 2. The molecule has 0 saturated carbocycles. The minimum atomic E-state index is -3.75. The van der Waals surface area contributed by atoms with Crippen molar-refractivity contribution in [3.63, 3.8) is 0 Å². The number of aliphatic imine (C=N–C) groups is 2. The summed E-state index contributed by atoms with van der Waals surface area (Å²) in [6.45, 7) is 0. The van der Waals surface area contributed by atoms with Gasteiger partial charge in [0.1, 0.15) is 0 Å². The molecule has 0 fully saturated rings. The number of nitrogens with one attached hydrogen (secondary N) is 1. The van der Waals surface area contributed by atoms with Crippen molar-refractivity contribution in [1.82, 2.24) is 0 Å². The molecule has 0 atom stereocenters. The van der Waals surface area contributed by atoms with Crippen LogP contribution in [0.3, 0.4) is 0 Å². The summed E-state index contributed by atoms with van der Waals surface area (Å²) < 4.78 is 27.1. The number of benzene rings is 2. The first-order valence-electron chi connectivity index (χ1n) is 6.58. The first-order valence-corrected chi connectivity index (χ1v) is 8.44. The van der Waals surface area contributed by atoms with Gasteiger partial charge in [-0.05, 0) is 42.5 Å². The first kappa shape index (κ1) is 17.6. The third-order valence-corrected chi connectivity index (χ3v) is 4.34. The lowest BCUT2D eigenvalue weighted by atomic mass is 10.3. The van der Waals surface area contributed by atoms with Gasteiger partial charge in [0.2, 0.25) is 5.96 Å². The van der Waals surface area contributed by atoms with Crippen LogP contribution >= 0.6 is 11.6 Å². The maximum absolute atomic E-state index is 12.3. The Morgan fingerprint density at radius 2 is 1.71 bits per heavy atom. The molecule has 8 nitrogen and oxygen atoms in total. The van der Waals surface area contributed by atoms with Gasteiger partial charge >= 0.3 is 0 Å². The Morgan fingerprint density at radius 1 is 1.04 bits per heavy atom. The van der Waals surface area contributed by atoms with Crippen molar-refractivity contribution in [2.24, 2.45) is 27.2 Å². The highest BCUT2D eigenvalue weighted by molar-refractivity contribution is 7.92. The third-order valence-electron chi connectivity index (χ3n) is 2.71. The van der Waals surface area contributed by atoms with Crippen molar-refractivity contribution in [2.45, 2.75) is 4.90 Å². The first-order chi connectivity index (χ1) is 11.3. The number of nitrogens with zero attached hydrogens (tertiary/aromatic N) is 2. The summed E-state index contributed by atoms with van der Waals surface area (Å²) in [4.78, 5) is 7.55. The largest absolute Gasteiger partial charge is 0.370 e. The average Bonchev–Trinajstić information content (AvgIpc) is 2.46. The quantitative estimate of drug-likeness (QED) is 0.476. The summed E-state index contributed by atoms with van der Waals surface area (Å²) in [7, 11) is -3.75. The van der Waals surface area contributed by atoms with Crippen LogP contribution in [-0.2, 0) is 10.0 Å². The summed E-state index contributed by atoms with van der Waals surface area (Å²) >= 11 is 5.84. The highest BCUT2D eigenvalue weighted by Crippen LogP contribution is 2.21. The molecule has 0 unspecified atom stereocenters. The fourth-order valence-electron chi connectivity index (χ4n) is 1.76. The standard InChI is InChI=1S/C14H15ClN6O2S/c15-9-2-1-3-11(8-9)21-24(22,23)12-6-4-10(5-7-12)19-14(18)20-13(16)17/h1-8,21H,(H6,16,17,18,19,20). The second-order valence-electron chi connectivity index (χ2n) is 4.62. The molecular formula is C14H15ClN6O2S. The van der Waals surface area contributed by atoms with Gasteiger partial charge in [0, 0.05) is 5.02 Å². The van der Waals surface area contributed by atoms with Gasteiger partial charge in [-0.25, -0.2) is 13.4 Å². The maximum atomic E-state index is 12.3. The smallest absolute Gasteiger partial charge is 0.261 e. The number of nitrogens with two attached hydrogens (primary N) is 3. The summed E-state index contributed by atoms with van der Waals surface area (Å²) in [5.74, 6) is -0.358. The van der Waals surface area contributed by atoms with Crippen LogP contribution in [-0.4, -0.2) is 20.3 Å². The van der Waals surface area contributed by atoms with Crippen LogP contribution in [0, 0.1) is 0 Å². The lowest BCUT2D eigenvalue weighted by Crippen LogP contribution is -2.26. The number of halogens is 1. The summed E-state index contributed by atoms with van der Waals surface area (Å²) in [5.41, 5.74) is 16.6. The van der Waals surface area contributed by atoms with Gasteiger partial charge in [-0.15, -0.1) is 0 Å². The zero-order chi connectivity index (χ0) is 17.7. The molecule has 0 aromatic heterocycles. The summed E-state index contributed by atoms with van der Waals surface area (Å²) in [5, 5.41) is 0.426. The SMILES string of the molecule is NC(N)=NC(N)=Nc1ccc(S(=O)(=O)Nc2cccc(Cl)c2)cc1. The van der Waals surface area contributed by atoms with E-state index < -0.39 is 10.0 Å². The van der Waals surface area contributed by atoms with E-state index in [0.29, 0.717) is 16.4 Å². The molecule has 0 heterocycles. The molecule has 0 amide bonds. The van der Waals surface area contributed by atoms with Crippen molar-refractivity contribution < 1.29 is 8.42 Å². The molecule has 0 aliphatic heterocycles. The fourth-order valence-corrected chi connectivity index (χ4v) is 3.00. The average molecular weight is 367 g/mol. The van der Waals surface area contributed by atoms with E-state index in [2.05, 4.69) is 14.7 Å². The molecule has 0 aliphatic carbocycles. The molecule has 24 heavy (non-hydrogen) atoms. The molecule has 0 bridgehead atoms. The Morgan fingerprint density at radius 3 is 2.29 bits per heavy atom. The van der Waals surface area contributed by atoms with Gasteiger partial charge in [-0.1, -0.05) is 17.7 Å². The predicted molar refractivity (Wildman–Crippen MR) is 95.8 cm³/mol. The normalized spacial score (nSPS) is 11.8. The van der Waals surface area contributed by atoms with Crippen LogP contribution in [0.15, 0.2) is 63.4 Å². The molecule has 2 aromatic carbocycles. The summed E-state index contributed by atoms with van der Waals surface area (Å²) in [6.07, 6.45) is 0. The molecule has 0 saturated heterocycles. The minimum absolute atomic E-state index is 0.0573. The van der Waals surface area contributed by atoms with Crippen molar-refractivity contribution >= 4 is 44.9 Å². The predicted octanol–water partition coefficient (Wildman–Crippen LogP) is 1.36. The number of rotatable bonds is 4. The van der Waals surface area contributed by atoms with Crippen LogP contribution in [0.4, 0.5) is 11.4 Å². The van der Waals surface area contributed by atoms with E-state index in [1.807, 2.05) is 0 Å². The zero-order valence-corrected chi connectivity index (χ0v) is 13.9. The van der Waals surface area contributed by atoms with Gasteiger partial charge in [0.05, 0.1) is 16.3 Å². The van der Waals surface area contributed by atoms with Crippen LogP contribution in [0.1, 0.15) is 0 Å². The van der Waals surface area contributed by atoms with E-state index in [9.17, 15) is 8.42 Å². The van der Waals surface area contributed by atoms with Gasteiger partial charge in [-0.2, -0.15) is 4.99 Å². The molecule has 7 N–H and O–H groups in total. The van der Waals surface area contributed by atoms with Gasteiger partial charge in [-0.3, -0.25) is 4.72 Å². The minimum Gasteiger partial charge on any atom is -0.370 e. The molecule has 0 radical (unpaired) electrons. The Bertz CT molecular complexity index is 890. The number of hydrogen-bond acceptors (Lipinski definition) is 3. The van der Waals surface area contributed by atoms with Gasteiger partial charge in [0.15, 0.2) is 5.96 Å². The Balaban J connectivity index is 2.22. The lowest BCUT2D eigenvalue weighted by molar-refractivity contribution is 0.601.